The summed E-state index contributed by atoms with van der Waals surface area (Å²) in [6, 6.07) is 15.0. The molecule has 150 valence electrons. The van der Waals surface area contributed by atoms with Crippen LogP contribution in [0.25, 0.3) is 0 Å². The number of aliphatic hydroxyl groups excluding tert-OH is 1. The van der Waals surface area contributed by atoms with Crippen molar-refractivity contribution in [1.29, 1.82) is 0 Å². The van der Waals surface area contributed by atoms with Crippen molar-refractivity contribution in [2.45, 2.75) is 31.8 Å². The van der Waals surface area contributed by atoms with Crippen LogP contribution < -0.4 is 5.32 Å². The molecule has 1 amide bonds. The predicted molar refractivity (Wildman–Crippen MR) is 111 cm³/mol. The maximum atomic E-state index is 12.4. The Hall–Kier alpha value is -2.78. The van der Waals surface area contributed by atoms with Crippen molar-refractivity contribution in [2.75, 3.05) is 6.54 Å². The van der Waals surface area contributed by atoms with Crippen molar-refractivity contribution in [2.24, 2.45) is 0 Å². The fraction of sp³-hybridized carbons (Fsp3) is 0.261. The number of carbonyl (C=O) groups is 1. The normalized spacial score (nSPS) is 18.3. The highest BCUT2D eigenvalue weighted by Gasteiger charge is 2.28. The molecule has 0 aliphatic carbocycles. The zero-order valence-electron chi connectivity index (χ0n) is 15.8. The van der Waals surface area contributed by atoms with Crippen LogP contribution in [0.3, 0.4) is 0 Å². The van der Waals surface area contributed by atoms with Gasteiger partial charge < -0.3 is 19.9 Å². The van der Waals surface area contributed by atoms with Crippen molar-refractivity contribution >= 4 is 17.5 Å². The number of allylic oxidation sites excluding steroid dienone is 1. The van der Waals surface area contributed by atoms with E-state index in [9.17, 15) is 4.79 Å². The molecule has 29 heavy (non-hydrogen) atoms. The summed E-state index contributed by atoms with van der Waals surface area (Å²) in [6.45, 7) is 0.438. The average molecular weight is 412 g/mol. The Morgan fingerprint density at radius 1 is 1.21 bits per heavy atom. The van der Waals surface area contributed by atoms with Crippen molar-refractivity contribution < 1.29 is 19.4 Å². The van der Waals surface area contributed by atoms with Crippen LogP contribution in [-0.4, -0.2) is 23.8 Å². The molecule has 2 aromatic carbocycles. The van der Waals surface area contributed by atoms with Crippen molar-refractivity contribution in [3.05, 3.63) is 82.1 Å². The Kier molecular flexibility index (Phi) is 7.31. The molecular formula is C23H22ClNO4. The highest BCUT2D eigenvalue weighted by atomic mass is 35.5. The predicted octanol–water partition coefficient (Wildman–Crippen LogP) is 3.51. The first-order valence-electron chi connectivity index (χ1n) is 9.25. The molecule has 6 heteroatoms. The van der Waals surface area contributed by atoms with E-state index in [2.05, 4.69) is 11.2 Å². The topological polar surface area (TPSA) is 67.8 Å². The molecular weight excluding hydrogens is 390 g/mol. The van der Waals surface area contributed by atoms with Gasteiger partial charge in [0, 0.05) is 17.4 Å². The van der Waals surface area contributed by atoms with Gasteiger partial charge >= 0.3 is 0 Å². The van der Waals surface area contributed by atoms with E-state index in [1.807, 2.05) is 48.5 Å². The highest BCUT2D eigenvalue weighted by molar-refractivity contribution is 6.30. The van der Waals surface area contributed by atoms with Crippen LogP contribution >= 0.6 is 11.6 Å². The molecule has 1 aliphatic heterocycles. The molecule has 0 fully saturated rings. The lowest BCUT2D eigenvalue weighted by Gasteiger charge is -2.29. The summed E-state index contributed by atoms with van der Waals surface area (Å²) in [7, 11) is 0. The van der Waals surface area contributed by atoms with Crippen molar-refractivity contribution in [3.8, 4) is 12.3 Å². The second kappa shape index (κ2) is 10.1. The number of aliphatic hydroxyl groups is 1. The number of hydrogen-bond acceptors (Lipinski definition) is 4. The monoisotopic (exact) mass is 411 g/mol. The molecule has 2 N–H and O–H groups in total. The third kappa shape index (κ3) is 5.85. The van der Waals surface area contributed by atoms with Gasteiger partial charge in [0.15, 0.2) is 5.76 Å². The third-order valence-electron chi connectivity index (χ3n) is 4.57. The first-order valence-corrected chi connectivity index (χ1v) is 9.62. The van der Waals surface area contributed by atoms with E-state index in [0.717, 1.165) is 16.7 Å². The summed E-state index contributed by atoms with van der Waals surface area (Å²) in [5.41, 5.74) is 2.79. The van der Waals surface area contributed by atoms with Crippen LogP contribution in [0, 0.1) is 12.3 Å². The minimum atomic E-state index is -0.593. The molecule has 0 spiro atoms. The van der Waals surface area contributed by atoms with Gasteiger partial charge in [-0.05, 0) is 34.9 Å². The molecule has 0 aromatic heterocycles. The summed E-state index contributed by atoms with van der Waals surface area (Å²) >= 11 is 5.99. The molecule has 0 radical (unpaired) electrons. The second-order valence-corrected chi connectivity index (χ2v) is 7.08. The number of ether oxygens (including phenoxy) is 2. The highest BCUT2D eigenvalue weighted by Crippen LogP contribution is 2.32. The molecule has 0 unspecified atom stereocenters. The molecule has 3 rings (SSSR count). The van der Waals surface area contributed by atoms with Crippen molar-refractivity contribution in [1.82, 2.24) is 5.32 Å². The summed E-state index contributed by atoms with van der Waals surface area (Å²) in [5.74, 6) is 2.13. The molecule has 2 atom stereocenters. The maximum Gasteiger partial charge on any atom is 0.286 e. The Morgan fingerprint density at radius 2 is 1.90 bits per heavy atom. The average Bonchev–Trinajstić information content (AvgIpc) is 2.76. The Balaban J connectivity index is 1.73. The minimum absolute atomic E-state index is 0.00340. The fourth-order valence-corrected chi connectivity index (χ4v) is 3.14. The van der Waals surface area contributed by atoms with Gasteiger partial charge in [-0.3, -0.25) is 4.79 Å². The van der Waals surface area contributed by atoms with Crippen LogP contribution in [-0.2, 0) is 27.5 Å². The van der Waals surface area contributed by atoms with E-state index in [4.69, 9.17) is 32.6 Å². The maximum absolute atomic E-state index is 12.4. The molecule has 1 aliphatic rings. The summed E-state index contributed by atoms with van der Waals surface area (Å²) in [6.07, 6.45) is 6.97. The number of halogens is 1. The zero-order chi connectivity index (χ0) is 20.6. The lowest BCUT2D eigenvalue weighted by Crippen LogP contribution is -2.33. The van der Waals surface area contributed by atoms with Gasteiger partial charge in [-0.15, -0.1) is 6.42 Å². The SMILES string of the molecule is C#CCNC(=O)C1=C[C@H](c2ccc(Cl)cc2)C[C@H](OCc2ccc(CO)cc2)O1. The number of benzene rings is 2. The van der Waals surface area contributed by atoms with E-state index < -0.39 is 6.29 Å². The smallest absolute Gasteiger partial charge is 0.286 e. The number of rotatable bonds is 7. The molecule has 0 saturated heterocycles. The Morgan fingerprint density at radius 3 is 2.55 bits per heavy atom. The molecule has 1 heterocycles. The molecule has 0 saturated carbocycles. The molecule has 5 nitrogen and oxygen atoms in total. The van der Waals surface area contributed by atoms with E-state index in [0.29, 0.717) is 18.1 Å². The lowest BCUT2D eigenvalue weighted by atomic mass is 9.93. The Labute approximate surface area is 175 Å². The summed E-state index contributed by atoms with van der Waals surface area (Å²) in [4.78, 5) is 12.4. The van der Waals surface area contributed by atoms with Gasteiger partial charge in [0.2, 0.25) is 6.29 Å². The zero-order valence-corrected chi connectivity index (χ0v) is 16.6. The standard InChI is InChI=1S/C23H22ClNO4/c1-2-11-25-23(27)21-12-19(18-7-9-20(24)10-8-18)13-22(29-21)28-15-17-5-3-16(14-26)4-6-17/h1,3-10,12,19,22,26H,11,13-15H2,(H,25,27)/t19-,22+/m0/s1. The lowest BCUT2D eigenvalue weighted by molar-refractivity contribution is -0.150. The van der Waals surface area contributed by atoms with Gasteiger partial charge in [-0.25, -0.2) is 0 Å². The largest absolute Gasteiger partial charge is 0.459 e. The van der Waals surface area contributed by atoms with Crippen LogP contribution in [0.5, 0.6) is 0 Å². The van der Waals surface area contributed by atoms with Gasteiger partial charge in [-0.1, -0.05) is 53.9 Å². The van der Waals surface area contributed by atoms with Gasteiger partial charge in [-0.2, -0.15) is 0 Å². The number of amides is 1. The van der Waals surface area contributed by atoms with E-state index in [-0.39, 0.29) is 30.7 Å². The van der Waals surface area contributed by atoms with E-state index in [1.165, 1.54) is 0 Å². The van der Waals surface area contributed by atoms with E-state index in [1.54, 1.807) is 6.08 Å². The quantitative estimate of drug-likeness (QED) is 0.684. The number of carbonyl (C=O) groups excluding carboxylic acids is 1. The fourth-order valence-electron chi connectivity index (χ4n) is 3.01. The van der Waals surface area contributed by atoms with Gasteiger partial charge in [0.05, 0.1) is 19.8 Å². The van der Waals surface area contributed by atoms with Crippen molar-refractivity contribution in [3.63, 3.8) is 0 Å². The first kappa shape index (κ1) is 20.9. The van der Waals surface area contributed by atoms with Gasteiger partial charge in [0.25, 0.3) is 5.91 Å². The number of nitrogens with one attached hydrogen (secondary N) is 1. The summed E-state index contributed by atoms with van der Waals surface area (Å²) < 4.78 is 11.7. The van der Waals surface area contributed by atoms with Crippen LogP contribution in [0.15, 0.2) is 60.4 Å². The van der Waals surface area contributed by atoms with Crippen LogP contribution in [0.4, 0.5) is 0 Å². The third-order valence-corrected chi connectivity index (χ3v) is 4.82. The second-order valence-electron chi connectivity index (χ2n) is 6.64. The summed E-state index contributed by atoms with van der Waals surface area (Å²) in [5, 5.41) is 12.4. The Bertz CT molecular complexity index is 900. The van der Waals surface area contributed by atoms with Crippen LogP contribution in [0.1, 0.15) is 29.0 Å². The minimum Gasteiger partial charge on any atom is -0.459 e. The molecule has 2 aromatic rings. The van der Waals surface area contributed by atoms with E-state index >= 15 is 0 Å². The number of hydrogen-bond donors (Lipinski definition) is 2. The van der Waals surface area contributed by atoms with Crippen LogP contribution in [0.2, 0.25) is 5.02 Å². The van der Waals surface area contributed by atoms with Gasteiger partial charge in [0.1, 0.15) is 0 Å². The first-order chi connectivity index (χ1) is 14.1. The number of terminal acetylenes is 1. The molecule has 0 bridgehead atoms.